The quantitative estimate of drug-likeness (QED) is 0.465. The van der Waals surface area contributed by atoms with E-state index in [0.717, 1.165) is 30.0 Å². The van der Waals surface area contributed by atoms with Gasteiger partial charge in [0.2, 0.25) is 0 Å². The summed E-state index contributed by atoms with van der Waals surface area (Å²) in [6, 6.07) is 3.36. The number of alkyl halides is 6. The van der Waals surface area contributed by atoms with Gasteiger partial charge in [-0.1, -0.05) is 0 Å². The molecular weight excluding hydrogens is 494 g/mol. The van der Waals surface area contributed by atoms with Crippen LogP contribution in [0.1, 0.15) is 59.1 Å². The molecule has 0 atom stereocenters. The fourth-order valence-electron chi connectivity index (χ4n) is 4.50. The maximum Gasteiger partial charge on any atom is 0.416 e. The van der Waals surface area contributed by atoms with E-state index < -0.39 is 30.2 Å². The minimum absolute atomic E-state index is 0.0297. The van der Waals surface area contributed by atoms with Crippen LogP contribution in [-0.2, 0) is 6.18 Å². The van der Waals surface area contributed by atoms with Crippen LogP contribution in [0, 0.1) is 0 Å². The summed E-state index contributed by atoms with van der Waals surface area (Å²) in [5, 5.41) is 4.91. The van der Waals surface area contributed by atoms with Gasteiger partial charge >= 0.3 is 12.4 Å². The zero-order chi connectivity index (χ0) is 25.2. The van der Waals surface area contributed by atoms with Crippen LogP contribution in [0.5, 0.6) is 0 Å². The highest BCUT2D eigenvalue weighted by atomic mass is 32.1. The third kappa shape index (κ3) is 6.66. The van der Waals surface area contributed by atoms with E-state index in [-0.39, 0.29) is 23.8 Å². The van der Waals surface area contributed by atoms with Crippen molar-refractivity contribution in [1.29, 1.82) is 0 Å². The number of piperidine rings is 1. The zero-order valence-electron chi connectivity index (χ0n) is 18.9. The molecule has 1 N–H and O–H groups in total. The number of benzene rings is 1. The number of nitrogens with zero attached hydrogens (tertiary/aromatic N) is 3. The third-order valence-corrected chi connectivity index (χ3v) is 7.43. The second-order valence-electron chi connectivity index (χ2n) is 8.93. The lowest BCUT2D eigenvalue weighted by molar-refractivity contribution is -0.139. The number of thiazole rings is 1. The van der Waals surface area contributed by atoms with Crippen molar-refractivity contribution in [3.63, 3.8) is 0 Å². The summed E-state index contributed by atoms with van der Waals surface area (Å²) in [5.41, 5.74) is -0.0777. The Morgan fingerprint density at radius 3 is 2.37 bits per heavy atom. The molecule has 0 unspecified atom stereocenters. The molecule has 5 nitrogen and oxygen atoms in total. The summed E-state index contributed by atoms with van der Waals surface area (Å²) in [6.45, 7) is 2.42. The fourth-order valence-corrected chi connectivity index (χ4v) is 5.47. The molecule has 2 fully saturated rings. The van der Waals surface area contributed by atoms with Gasteiger partial charge in [0.05, 0.1) is 28.4 Å². The molecule has 1 aromatic carbocycles. The normalized spacial score (nSPS) is 18.3. The minimum atomic E-state index is -4.54. The summed E-state index contributed by atoms with van der Waals surface area (Å²) in [4.78, 5) is 21.0. The lowest BCUT2D eigenvalue weighted by atomic mass is 9.97. The number of hydrogen-bond acceptors (Lipinski definition) is 5. The average molecular weight is 521 g/mol. The predicted octanol–water partition coefficient (Wildman–Crippen LogP) is 6.15. The van der Waals surface area contributed by atoms with Gasteiger partial charge in [-0.3, -0.25) is 4.79 Å². The monoisotopic (exact) mass is 520 g/mol. The highest BCUT2D eigenvalue weighted by molar-refractivity contribution is 7.10. The van der Waals surface area contributed by atoms with E-state index in [2.05, 4.69) is 10.3 Å². The lowest BCUT2D eigenvalue weighted by Gasteiger charge is -2.31. The van der Waals surface area contributed by atoms with Crippen LogP contribution in [0.15, 0.2) is 23.6 Å². The number of nitrogens with one attached hydrogen (secondary N) is 1. The van der Waals surface area contributed by atoms with Gasteiger partial charge in [0, 0.05) is 30.9 Å². The van der Waals surface area contributed by atoms with Crippen molar-refractivity contribution in [1.82, 2.24) is 9.88 Å². The van der Waals surface area contributed by atoms with Crippen LogP contribution < -0.4 is 10.2 Å². The molecular formula is C23H26F6N4OS. The van der Waals surface area contributed by atoms with E-state index >= 15 is 0 Å². The Labute approximate surface area is 203 Å². The number of amides is 1. The lowest BCUT2D eigenvalue weighted by Crippen LogP contribution is -2.35. The van der Waals surface area contributed by atoms with Crippen LogP contribution in [-0.4, -0.2) is 54.7 Å². The molecule has 2 aliphatic rings. The predicted molar refractivity (Wildman–Crippen MR) is 122 cm³/mol. The first-order valence-corrected chi connectivity index (χ1v) is 12.4. The van der Waals surface area contributed by atoms with Gasteiger partial charge in [-0.25, -0.2) is 4.98 Å². The van der Waals surface area contributed by atoms with Crippen molar-refractivity contribution in [2.75, 3.05) is 42.9 Å². The summed E-state index contributed by atoms with van der Waals surface area (Å²) < 4.78 is 77.2. The number of carbonyl (C=O) groups excluding carboxylic acids is 1. The third-order valence-electron chi connectivity index (χ3n) is 6.42. The smallest absolute Gasteiger partial charge is 0.370 e. The van der Waals surface area contributed by atoms with E-state index in [1.165, 1.54) is 17.4 Å². The molecule has 0 aliphatic carbocycles. The van der Waals surface area contributed by atoms with E-state index in [1.54, 1.807) is 10.3 Å². The number of aromatic nitrogens is 1. The number of rotatable bonds is 6. The van der Waals surface area contributed by atoms with Crippen molar-refractivity contribution in [3.8, 4) is 0 Å². The number of hydrogen-bond donors (Lipinski definition) is 1. The van der Waals surface area contributed by atoms with Gasteiger partial charge < -0.3 is 15.1 Å². The minimum Gasteiger partial charge on any atom is -0.370 e. The van der Waals surface area contributed by atoms with Crippen LogP contribution in [0.2, 0.25) is 0 Å². The molecule has 192 valence electrons. The van der Waals surface area contributed by atoms with E-state index in [1.807, 2.05) is 4.90 Å². The van der Waals surface area contributed by atoms with Crippen molar-refractivity contribution in [3.05, 3.63) is 39.8 Å². The molecule has 3 heterocycles. The Hall–Kier alpha value is -2.34. The summed E-state index contributed by atoms with van der Waals surface area (Å²) >= 11 is 1.29. The second kappa shape index (κ2) is 10.3. The highest BCUT2D eigenvalue weighted by Gasteiger charge is 2.33. The number of carbonyl (C=O) groups is 1. The number of likely N-dealkylation sites (tertiary alicyclic amines) is 1. The maximum atomic E-state index is 13.3. The first kappa shape index (κ1) is 25.7. The van der Waals surface area contributed by atoms with Crippen LogP contribution in [0.4, 0.5) is 37.7 Å². The van der Waals surface area contributed by atoms with Gasteiger partial charge in [-0.05, 0) is 57.0 Å². The van der Waals surface area contributed by atoms with Crippen molar-refractivity contribution in [2.45, 2.75) is 50.4 Å². The van der Waals surface area contributed by atoms with Crippen LogP contribution >= 0.6 is 11.3 Å². The molecule has 0 saturated carbocycles. The zero-order valence-corrected chi connectivity index (χ0v) is 19.7. The molecule has 35 heavy (non-hydrogen) atoms. The largest absolute Gasteiger partial charge is 0.416 e. The first-order valence-electron chi connectivity index (χ1n) is 11.5. The van der Waals surface area contributed by atoms with E-state index in [0.29, 0.717) is 44.7 Å². The van der Waals surface area contributed by atoms with Gasteiger partial charge in [0.15, 0.2) is 0 Å². The number of halogens is 6. The topological polar surface area (TPSA) is 48.5 Å². The molecule has 2 aromatic rings. The Balaban J connectivity index is 1.42. The molecule has 2 aliphatic heterocycles. The van der Waals surface area contributed by atoms with Gasteiger partial charge in [0.25, 0.3) is 5.91 Å². The molecule has 1 aromatic heterocycles. The van der Waals surface area contributed by atoms with Crippen molar-refractivity contribution >= 4 is 28.6 Å². The molecule has 0 radical (unpaired) electrons. The van der Waals surface area contributed by atoms with Crippen LogP contribution in [0.3, 0.4) is 0 Å². The molecule has 0 spiro atoms. The summed E-state index contributed by atoms with van der Waals surface area (Å²) in [7, 11) is 0. The van der Waals surface area contributed by atoms with Crippen LogP contribution in [0.25, 0.3) is 0 Å². The van der Waals surface area contributed by atoms with Crippen molar-refractivity contribution in [2.24, 2.45) is 0 Å². The highest BCUT2D eigenvalue weighted by Crippen LogP contribution is 2.37. The van der Waals surface area contributed by atoms with Gasteiger partial charge in [0.1, 0.15) is 5.69 Å². The van der Waals surface area contributed by atoms with E-state index in [4.69, 9.17) is 0 Å². The maximum absolute atomic E-state index is 13.3. The Kier molecular flexibility index (Phi) is 7.60. The Morgan fingerprint density at radius 1 is 1.06 bits per heavy atom. The standard InChI is InChI=1S/C23H26F6N4OS/c24-22(25,26)7-12-32-10-5-15(6-11-32)21-31-18(14-35-21)20(34)30-17-13-16(23(27,28)29)3-4-19(17)33-8-1-2-9-33/h3-4,13-15H,1-2,5-12H2,(H,30,34). The fraction of sp³-hybridized carbons (Fsp3) is 0.565. The Morgan fingerprint density at radius 2 is 1.74 bits per heavy atom. The summed E-state index contributed by atoms with van der Waals surface area (Å²) in [6.07, 6.45) is -6.42. The Bertz CT molecular complexity index is 1020. The van der Waals surface area contributed by atoms with Gasteiger partial charge in [-0.15, -0.1) is 11.3 Å². The van der Waals surface area contributed by atoms with Crippen molar-refractivity contribution < 1.29 is 31.1 Å². The molecule has 0 bridgehead atoms. The second-order valence-corrected chi connectivity index (χ2v) is 9.82. The van der Waals surface area contributed by atoms with Gasteiger partial charge in [-0.2, -0.15) is 26.3 Å². The first-order chi connectivity index (χ1) is 16.5. The molecule has 12 heteroatoms. The molecule has 2 saturated heterocycles. The van der Waals surface area contributed by atoms with E-state index in [9.17, 15) is 31.1 Å². The molecule has 4 rings (SSSR count). The summed E-state index contributed by atoms with van der Waals surface area (Å²) in [5.74, 6) is -0.549. The molecule has 1 amide bonds. The average Bonchev–Trinajstić information content (AvgIpc) is 3.49. The number of anilines is 2. The SMILES string of the molecule is O=C(Nc1cc(C(F)(F)F)ccc1N1CCCC1)c1csc(C2CCN(CCC(F)(F)F)CC2)n1.